The molecule has 0 spiro atoms. The van der Waals surface area contributed by atoms with Gasteiger partial charge in [0.05, 0.1) is 11.6 Å². The van der Waals surface area contributed by atoms with Gasteiger partial charge in [-0.15, -0.1) is 0 Å². The number of nitriles is 1. The average molecular weight is 349 g/mol. The van der Waals surface area contributed by atoms with E-state index in [1.165, 1.54) is 11.6 Å². The summed E-state index contributed by atoms with van der Waals surface area (Å²) in [4.78, 5) is 0. The maximum absolute atomic E-state index is 15.7. The molecule has 0 heterocycles. The number of benzene rings is 2. The Kier molecular flexibility index (Phi) is 5.32. The van der Waals surface area contributed by atoms with Crippen molar-refractivity contribution in [3.63, 3.8) is 0 Å². The van der Waals surface area contributed by atoms with Gasteiger partial charge in [-0.05, 0) is 41.7 Å². The fourth-order valence-electron chi connectivity index (χ4n) is 3.41. The second-order valence-corrected chi connectivity index (χ2v) is 6.69. The van der Waals surface area contributed by atoms with Crippen molar-refractivity contribution in [2.45, 2.75) is 38.3 Å². The van der Waals surface area contributed by atoms with Crippen LogP contribution in [0.3, 0.4) is 0 Å². The number of hydrogen-bond acceptors (Lipinski definition) is 1. The van der Waals surface area contributed by atoms with Gasteiger partial charge in [0.15, 0.2) is 5.67 Å². The zero-order chi connectivity index (χ0) is 18.6. The highest BCUT2D eigenvalue weighted by atomic mass is 19.1. The molecule has 2 aromatic carbocycles. The lowest BCUT2D eigenvalue weighted by atomic mass is 9.82. The average Bonchev–Trinajstić information content (AvgIpc) is 2.66. The summed E-state index contributed by atoms with van der Waals surface area (Å²) in [6.45, 7) is 2.15. The molecule has 0 saturated carbocycles. The number of rotatable bonds is 5. The summed E-state index contributed by atoms with van der Waals surface area (Å²) in [5.41, 5.74) is 1.23. The molecule has 1 unspecified atom stereocenters. The van der Waals surface area contributed by atoms with E-state index in [0.29, 0.717) is 5.56 Å². The van der Waals surface area contributed by atoms with E-state index in [2.05, 4.69) is 19.1 Å². The van der Waals surface area contributed by atoms with Crippen molar-refractivity contribution >= 4 is 0 Å². The van der Waals surface area contributed by atoms with Crippen LogP contribution >= 0.6 is 0 Å². The van der Waals surface area contributed by atoms with E-state index < -0.39 is 11.5 Å². The van der Waals surface area contributed by atoms with Crippen LogP contribution in [0.2, 0.25) is 0 Å². The molecule has 2 aromatic rings. The Labute approximate surface area is 153 Å². The molecule has 3 rings (SSSR count). The number of alkyl halides is 1. The number of halogens is 2. The van der Waals surface area contributed by atoms with E-state index in [0.717, 1.165) is 36.5 Å². The van der Waals surface area contributed by atoms with Gasteiger partial charge in [-0.1, -0.05) is 61.9 Å². The lowest BCUT2D eigenvalue weighted by Gasteiger charge is -2.27. The first-order valence-corrected chi connectivity index (χ1v) is 8.92. The smallest absolute Gasteiger partial charge is 0.162 e. The molecule has 0 fully saturated rings. The van der Waals surface area contributed by atoms with E-state index in [1.807, 2.05) is 30.3 Å². The van der Waals surface area contributed by atoms with E-state index in [4.69, 9.17) is 5.26 Å². The van der Waals surface area contributed by atoms with Gasteiger partial charge in [0.1, 0.15) is 5.83 Å². The Bertz CT molecular complexity index is 904. The van der Waals surface area contributed by atoms with E-state index in [-0.39, 0.29) is 12.0 Å². The quantitative estimate of drug-likeness (QED) is 0.599. The lowest BCUT2D eigenvalue weighted by Crippen LogP contribution is -2.21. The summed E-state index contributed by atoms with van der Waals surface area (Å²) >= 11 is 0. The van der Waals surface area contributed by atoms with Gasteiger partial charge in [0.25, 0.3) is 0 Å². The largest absolute Gasteiger partial charge is 0.234 e. The topological polar surface area (TPSA) is 23.8 Å². The predicted molar refractivity (Wildman–Crippen MR) is 101 cm³/mol. The molecule has 0 radical (unpaired) electrons. The van der Waals surface area contributed by atoms with Gasteiger partial charge in [-0.3, -0.25) is 0 Å². The fourth-order valence-corrected chi connectivity index (χ4v) is 3.41. The highest BCUT2D eigenvalue weighted by Gasteiger charge is 2.36. The first-order valence-electron chi connectivity index (χ1n) is 8.92. The maximum atomic E-state index is 15.7. The number of hydrogen-bond donors (Lipinski definition) is 0. The SMILES string of the molecule is CCCCc1cccc(-c2ccccc2C2(F)C=C(C#N)C=C(F)C2)c1. The Hall–Kier alpha value is -2.73. The molecular formula is C23H21F2N. The molecule has 1 aliphatic carbocycles. The van der Waals surface area contributed by atoms with Gasteiger partial charge < -0.3 is 0 Å². The van der Waals surface area contributed by atoms with Crippen LogP contribution in [-0.2, 0) is 12.1 Å². The Morgan fingerprint density at radius 3 is 2.73 bits per heavy atom. The van der Waals surface area contributed by atoms with Crippen molar-refractivity contribution in [3.8, 4) is 17.2 Å². The number of nitrogens with zero attached hydrogens (tertiary/aromatic N) is 1. The highest BCUT2D eigenvalue weighted by Crippen LogP contribution is 2.43. The zero-order valence-electron chi connectivity index (χ0n) is 14.8. The fraction of sp³-hybridized carbons (Fsp3) is 0.261. The Balaban J connectivity index is 2.06. The van der Waals surface area contributed by atoms with Crippen molar-refractivity contribution in [2.24, 2.45) is 0 Å². The minimum Gasteiger partial charge on any atom is -0.234 e. The molecule has 1 aliphatic rings. The summed E-state index contributed by atoms with van der Waals surface area (Å²) in [7, 11) is 0. The van der Waals surface area contributed by atoms with Crippen molar-refractivity contribution < 1.29 is 8.78 Å². The van der Waals surface area contributed by atoms with Crippen LogP contribution in [0.1, 0.15) is 37.3 Å². The van der Waals surface area contributed by atoms with Crippen LogP contribution in [0.25, 0.3) is 11.1 Å². The van der Waals surface area contributed by atoms with Crippen LogP contribution in [0.15, 0.2) is 72.1 Å². The van der Waals surface area contributed by atoms with Crippen molar-refractivity contribution in [3.05, 3.63) is 83.2 Å². The standard InChI is InChI=1S/C23H21F2N/c1-2-3-7-17-8-6-9-19(12-17)21-10-4-5-11-22(21)23(25)14-18(16-26)13-20(24)15-23/h4-6,8-14H,2-3,7,15H2,1H3. The first-order chi connectivity index (χ1) is 12.6. The third-order valence-corrected chi connectivity index (χ3v) is 4.68. The van der Waals surface area contributed by atoms with E-state index in [9.17, 15) is 4.39 Å². The summed E-state index contributed by atoms with van der Waals surface area (Å²) in [5, 5.41) is 9.10. The summed E-state index contributed by atoms with van der Waals surface area (Å²) < 4.78 is 29.7. The van der Waals surface area contributed by atoms with Crippen LogP contribution in [0.5, 0.6) is 0 Å². The summed E-state index contributed by atoms with van der Waals surface area (Å²) in [6.07, 6.45) is 5.14. The molecule has 0 N–H and O–H groups in total. The van der Waals surface area contributed by atoms with Gasteiger partial charge in [-0.2, -0.15) is 5.26 Å². The van der Waals surface area contributed by atoms with Crippen LogP contribution in [0, 0.1) is 11.3 Å². The second kappa shape index (κ2) is 7.66. The molecule has 1 nitrogen and oxygen atoms in total. The highest BCUT2D eigenvalue weighted by molar-refractivity contribution is 5.70. The summed E-state index contributed by atoms with van der Waals surface area (Å²) in [6, 6.07) is 17.0. The van der Waals surface area contributed by atoms with Crippen LogP contribution in [-0.4, -0.2) is 0 Å². The van der Waals surface area contributed by atoms with Crippen molar-refractivity contribution in [2.75, 3.05) is 0 Å². The molecule has 1 atom stereocenters. The summed E-state index contributed by atoms with van der Waals surface area (Å²) in [5.74, 6) is -0.613. The number of allylic oxidation sites excluding steroid dienone is 4. The Morgan fingerprint density at radius 1 is 1.15 bits per heavy atom. The molecule has 132 valence electrons. The van der Waals surface area contributed by atoms with Gasteiger partial charge in [-0.25, -0.2) is 8.78 Å². The first kappa shape index (κ1) is 18.1. The van der Waals surface area contributed by atoms with Crippen molar-refractivity contribution in [1.29, 1.82) is 5.26 Å². The van der Waals surface area contributed by atoms with Crippen LogP contribution < -0.4 is 0 Å². The molecule has 3 heteroatoms. The third kappa shape index (κ3) is 3.75. The molecule has 0 amide bonds. The number of unbranched alkanes of at least 4 members (excludes halogenated alkanes) is 1. The monoisotopic (exact) mass is 349 g/mol. The minimum absolute atomic E-state index is 0.0164. The van der Waals surface area contributed by atoms with Crippen molar-refractivity contribution in [1.82, 2.24) is 0 Å². The van der Waals surface area contributed by atoms with Gasteiger partial charge >= 0.3 is 0 Å². The van der Waals surface area contributed by atoms with E-state index in [1.54, 1.807) is 12.1 Å². The number of aryl methyl sites for hydroxylation is 1. The molecule has 0 saturated heterocycles. The Morgan fingerprint density at radius 2 is 1.96 bits per heavy atom. The normalized spacial score (nSPS) is 19.5. The lowest BCUT2D eigenvalue weighted by molar-refractivity contribution is 0.216. The third-order valence-electron chi connectivity index (χ3n) is 4.68. The molecular weight excluding hydrogens is 328 g/mol. The van der Waals surface area contributed by atoms with E-state index >= 15 is 4.39 Å². The van der Waals surface area contributed by atoms with Gasteiger partial charge in [0, 0.05) is 12.0 Å². The molecule has 0 bridgehead atoms. The second-order valence-electron chi connectivity index (χ2n) is 6.69. The van der Waals surface area contributed by atoms with Gasteiger partial charge in [0.2, 0.25) is 0 Å². The molecule has 0 aromatic heterocycles. The molecule has 0 aliphatic heterocycles. The van der Waals surface area contributed by atoms with Crippen LogP contribution in [0.4, 0.5) is 8.78 Å². The zero-order valence-corrected chi connectivity index (χ0v) is 14.8. The predicted octanol–water partition coefficient (Wildman–Crippen LogP) is 6.57. The molecule has 26 heavy (non-hydrogen) atoms. The maximum Gasteiger partial charge on any atom is 0.162 e. The minimum atomic E-state index is -2.03.